The van der Waals surface area contributed by atoms with E-state index in [1.54, 1.807) is 0 Å². The lowest BCUT2D eigenvalue weighted by Crippen LogP contribution is -2.60. The van der Waals surface area contributed by atoms with Crippen LogP contribution in [0.4, 0.5) is 5.69 Å². The maximum Gasteiger partial charge on any atom is 0.214 e. The van der Waals surface area contributed by atoms with Crippen molar-refractivity contribution >= 4 is 15.7 Å². The van der Waals surface area contributed by atoms with Crippen LogP contribution in [0.3, 0.4) is 0 Å². The summed E-state index contributed by atoms with van der Waals surface area (Å²) in [4.78, 5) is 0. The van der Waals surface area contributed by atoms with Gasteiger partial charge in [-0.25, -0.2) is 13.6 Å². The van der Waals surface area contributed by atoms with Gasteiger partial charge in [-0.15, -0.1) is 0 Å². The van der Waals surface area contributed by atoms with Gasteiger partial charge in [-0.05, 0) is 62.5 Å². The highest BCUT2D eigenvalue weighted by atomic mass is 32.2. The van der Waals surface area contributed by atoms with Gasteiger partial charge in [-0.3, -0.25) is 0 Å². The average molecular weight is 374 g/mol. The van der Waals surface area contributed by atoms with E-state index in [1.165, 1.54) is 0 Å². The zero-order valence-electron chi connectivity index (χ0n) is 15.1. The number of rotatable bonds is 6. The number of nitrogens with one attached hydrogen (secondary N) is 2. The Balaban J connectivity index is 1.99. The molecule has 2 aromatic carbocycles. The zero-order chi connectivity index (χ0) is 18.6. The highest BCUT2D eigenvalue weighted by Gasteiger charge is 2.45. The summed E-state index contributed by atoms with van der Waals surface area (Å²) in [5, 5.41) is 11.9. The van der Waals surface area contributed by atoms with Gasteiger partial charge in [-0.1, -0.05) is 42.5 Å². The van der Waals surface area contributed by atoms with Crippen molar-refractivity contribution in [1.29, 1.82) is 0 Å². The maximum absolute atomic E-state index is 12.6. The van der Waals surface area contributed by atoms with Crippen molar-refractivity contribution in [3.05, 3.63) is 65.7 Å². The number of aryl methyl sites for hydroxylation is 1. The molecule has 2 aromatic rings. The van der Waals surface area contributed by atoms with Crippen molar-refractivity contribution in [2.45, 2.75) is 37.0 Å². The van der Waals surface area contributed by atoms with Crippen molar-refractivity contribution in [1.82, 2.24) is 5.32 Å². The first kappa shape index (κ1) is 18.9. The van der Waals surface area contributed by atoms with Gasteiger partial charge in [-0.2, -0.15) is 0 Å². The van der Waals surface area contributed by atoms with E-state index in [0.717, 1.165) is 29.9 Å². The highest BCUT2D eigenvalue weighted by Crippen LogP contribution is 2.33. The van der Waals surface area contributed by atoms with Crippen LogP contribution in [-0.2, 0) is 16.4 Å². The molecule has 0 radical (unpaired) electrons. The monoisotopic (exact) mass is 373 g/mol. The van der Waals surface area contributed by atoms with E-state index >= 15 is 0 Å². The third-order valence-electron chi connectivity index (χ3n) is 5.18. The molecule has 26 heavy (non-hydrogen) atoms. The number of hydrogen-bond donors (Lipinski definition) is 3. The maximum atomic E-state index is 12.6. The number of benzene rings is 2. The van der Waals surface area contributed by atoms with Crippen LogP contribution < -0.4 is 15.8 Å². The van der Waals surface area contributed by atoms with Crippen molar-refractivity contribution in [2.75, 3.05) is 18.4 Å². The van der Waals surface area contributed by atoms with Crippen LogP contribution in [0.2, 0.25) is 0 Å². The molecule has 1 heterocycles. The summed E-state index contributed by atoms with van der Waals surface area (Å²) in [6, 6.07) is 17.8. The van der Waals surface area contributed by atoms with E-state index in [2.05, 4.69) is 10.6 Å². The summed E-state index contributed by atoms with van der Waals surface area (Å²) in [5.74, 6) is 0. The molecule has 1 saturated heterocycles. The van der Waals surface area contributed by atoms with Gasteiger partial charge in [0.2, 0.25) is 10.0 Å². The molecule has 0 spiro atoms. The molecular formula is C20H27N3O2S. The average Bonchev–Trinajstić information content (AvgIpc) is 2.60. The molecule has 1 atom stereocenters. The van der Waals surface area contributed by atoms with Crippen molar-refractivity contribution in [2.24, 2.45) is 5.14 Å². The molecule has 0 aliphatic carbocycles. The molecular weight excluding hydrogens is 346 g/mol. The lowest BCUT2D eigenvalue weighted by molar-refractivity contribution is 0.319. The van der Waals surface area contributed by atoms with Gasteiger partial charge < -0.3 is 10.6 Å². The number of primary sulfonamides is 1. The number of nitrogens with two attached hydrogens (primary N) is 1. The molecule has 0 bridgehead atoms. The fraction of sp³-hybridized carbons (Fsp3) is 0.400. The summed E-state index contributed by atoms with van der Waals surface area (Å²) in [5.41, 5.74) is 2.46. The van der Waals surface area contributed by atoms with Crippen LogP contribution in [-0.4, -0.2) is 32.3 Å². The summed E-state index contributed by atoms with van der Waals surface area (Å²) >= 11 is 0. The SMILES string of the molecule is Cc1cccc(NC2(C(Cc3ccccc3)S(N)(=O)=O)CCNCC2)c1. The summed E-state index contributed by atoms with van der Waals surface area (Å²) in [6.45, 7) is 3.56. The van der Waals surface area contributed by atoms with Crippen LogP contribution >= 0.6 is 0 Å². The fourth-order valence-corrected chi connectivity index (χ4v) is 5.21. The molecule has 5 nitrogen and oxygen atoms in total. The van der Waals surface area contributed by atoms with Gasteiger partial charge in [0, 0.05) is 5.69 Å². The zero-order valence-corrected chi connectivity index (χ0v) is 15.9. The third kappa shape index (κ3) is 4.44. The first-order valence-electron chi connectivity index (χ1n) is 9.00. The molecule has 6 heteroatoms. The van der Waals surface area contributed by atoms with Crippen molar-refractivity contribution < 1.29 is 8.42 Å². The van der Waals surface area contributed by atoms with E-state index in [0.29, 0.717) is 19.3 Å². The van der Waals surface area contributed by atoms with Crippen molar-refractivity contribution in [3.8, 4) is 0 Å². The fourth-order valence-electron chi connectivity index (χ4n) is 3.86. The minimum Gasteiger partial charge on any atom is -0.378 e. The van der Waals surface area contributed by atoms with Gasteiger partial charge in [0.25, 0.3) is 0 Å². The first-order chi connectivity index (χ1) is 12.4. The Morgan fingerprint density at radius 1 is 1.12 bits per heavy atom. The molecule has 1 fully saturated rings. The number of hydrogen-bond acceptors (Lipinski definition) is 4. The molecule has 0 amide bonds. The van der Waals surface area contributed by atoms with Crippen LogP contribution in [0.1, 0.15) is 24.0 Å². The first-order valence-corrected chi connectivity index (χ1v) is 10.6. The topological polar surface area (TPSA) is 84.2 Å². The summed E-state index contributed by atoms with van der Waals surface area (Å²) in [6.07, 6.45) is 1.81. The molecule has 140 valence electrons. The Morgan fingerprint density at radius 2 is 1.81 bits per heavy atom. The Morgan fingerprint density at radius 3 is 2.42 bits per heavy atom. The predicted molar refractivity (Wildman–Crippen MR) is 107 cm³/mol. The van der Waals surface area contributed by atoms with Gasteiger partial charge in [0.05, 0.1) is 5.54 Å². The summed E-state index contributed by atoms with van der Waals surface area (Å²) in [7, 11) is -3.74. The van der Waals surface area contributed by atoms with E-state index in [-0.39, 0.29) is 0 Å². The molecule has 0 aromatic heterocycles. The molecule has 0 saturated carbocycles. The normalized spacial score (nSPS) is 18.2. The molecule has 4 N–H and O–H groups in total. The Hall–Kier alpha value is -1.89. The van der Waals surface area contributed by atoms with Crippen LogP contribution in [0, 0.1) is 6.92 Å². The van der Waals surface area contributed by atoms with Crippen molar-refractivity contribution in [3.63, 3.8) is 0 Å². The number of piperidine rings is 1. The second-order valence-electron chi connectivity index (χ2n) is 7.17. The van der Waals surface area contributed by atoms with E-state index in [1.807, 2.05) is 61.5 Å². The lowest BCUT2D eigenvalue weighted by atomic mass is 9.82. The third-order valence-corrected chi connectivity index (χ3v) is 6.59. The van der Waals surface area contributed by atoms with Gasteiger partial charge in [0.15, 0.2) is 0 Å². The molecule has 1 unspecified atom stereocenters. The largest absolute Gasteiger partial charge is 0.378 e. The minimum absolute atomic E-state index is 0.401. The van der Waals surface area contributed by atoms with E-state index in [9.17, 15) is 8.42 Å². The standard InChI is InChI=1S/C20H27N3O2S/c1-16-6-5-9-18(14-16)23-20(10-12-22-13-11-20)19(26(21,24)25)15-17-7-3-2-4-8-17/h2-9,14,19,22-23H,10-13,15H2,1H3,(H2,21,24,25). The van der Waals surface area contributed by atoms with Gasteiger partial charge in [0.1, 0.15) is 5.25 Å². The Kier molecular flexibility index (Phi) is 5.65. The van der Waals surface area contributed by atoms with Crippen LogP contribution in [0.15, 0.2) is 54.6 Å². The number of anilines is 1. The summed E-state index contributed by atoms with van der Waals surface area (Å²) < 4.78 is 25.2. The minimum atomic E-state index is -3.74. The predicted octanol–water partition coefficient (Wildman–Crippen LogP) is 2.43. The quantitative estimate of drug-likeness (QED) is 0.726. The van der Waals surface area contributed by atoms with E-state index in [4.69, 9.17) is 5.14 Å². The molecule has 3 rings (SSSR count). The van der Waals surface area contributed by atoms with Crippen LogP contribution in [0.25, 0.3) is 0 Å². The number of sulfonamides is 1. The Bertz CT molecular complexity index is 831. The smallest absolute Gasteiger partial charge is 0.214 e. The molecule has 1 aliphatic rings. The second kappa shape index (κ2) is 7.78. The highest BCUT2D eigenvalue weighted by molar-refractivity contribution is 7.89. The van der Waals surface area contributed by atoms with Gasteiger partial charge >= 0.3 is 0 Å². The van der Waals surface area contributed by atoms with Crippen LogP contribution in [0.5, 0.6) is 0 Å². The molecule has 1 aliphatic heterocycles. The van der Waals surface area contributed by atoms with E-state index < -0.39 is 20.8 Å². The second-order valence-corrected chi connectivity index (χ2v) is 8.92. The lowest BCUT2D eigenvalue weighted by Gasteiger charge is -2.44. The Labute approximate surface area is 156 Å².